The standard InChI is InChI=1S/C16H28O4.Hg/c1-2-3-4-5-6-7-8-9-10-11-14-20-16(19)13-12-15(17)18;/h11,14H,2-10,12-13H2,1H3,(H,17,18);/q;+1/p-1. The first-order valence-electron chi connectivity index (χ1n) is 7.71. The van der Waals surface area contributed by atoms with Crippen LogP contribution in [0.15, 0.2) is 12.3 Å². The monoisotopic (exact) mass is 485 g/mol. The molecule has 0 N–H and O–H groups in total. The van der Waals surface area contributed by atoms with Crippen LogP contribution in [-0.2, 0) is 42.0 Å². The molecule has 0 heterocycles. The van der Waals surface area contributed by atoms with Crippen LogP contribution in [-0.4, -0.2) is 11.9 Å². The summed E-state index contributed by atoms with van der Waals surface area (Å²) in [6.45, 7) is 2.22. The number of carboxylic acid groups (broad SMARTS) is 1. The second kappa shape index (κ2) is 17.7. The number of hydrogen-bond acceptors (Lipinski definition) is 4. The van der Waals surface area contributed by atoms with E-state index in [4.69, 9.17) is 4.74 Å². The summed E-state index contributed by atoms with van der Waals surface area (Å²) in [7, 11) is 0. The van der Waals surface area contributed by atoms with Crippen LogP contribution in [0, 0.1) is 0 Å². The molecule has 0 amide bonds. The van der Waals surface area contributed by atoms with Gasteiger partial charge in [-0.3, -0.25) is 4.79 Å². The number of rotatable bonds is 13. The zero-order valence-corrected chi connectivity index (χ0v) is 18.8. The van der Waals surface area contributed by atoms with Crippen LogP contribution >= 0.6 is 0 Å². The summed E-state index contributed by atoms with van der Waals surface area (Å²) in [5.74, 6) is -1.76. The molecule has 0 aliphatic rings. The average molecular weight is 484 g/mol. The SMILES string of the molecule is CCCCCCCCCCC=COC(=O)CCC(=O)[O-].[Hg+]. The Morgan fingerprint density at radius 2 is 1.52 bits per heavy atom. The molecule has 1 radical (unpaired) electrons. The molecule has 0 fully saturated rings. The van der Waals surface area contributed by atoms with Crippen LogP contribution < -0.4 is 5.11 Å². The van der Waals surface area contributed by atoms with Crippen molar-refractivity contribution in [2.45, 2.75) is 77.6 Å². The van der Waals surface area contributed by atoms with Crippen molar-refractivity contribution in [3.8, 4) is 0 Å². The van der Waals surface area contributed by atoms with Crippen LogP contribution in [0.3, 0.4) is 0 Å². The largest absolute Gasteiger partial charge is 1.00 e. The predicted octanol–water partition coefficient (Wildman–Crippen LogP) is 3.10. The van der Waals surface area contributed by atoms with E-state index in [0.29, 0.717) is 0 Å². The van der Waals surface area contributed by atoms with Gasteiger partial charge in [-0.25, -0.2) is 0 Å². The van der Waals surface area contributed by atoms with E-state index < -0.39 is 11.9 Å². The molecule has 0 aromatic carbocycles. The number of carbonyl (C=O) groups excluding carboxylic acids is 2. The first-order valence-corrected chi connectivity index (χ1v) is 7.71. The molecule has 0 aliphatic carbocycles. The van der Waals surface area contributed by atoms with Crippen molar-refractivity contribution in [1.82, 2.24) is 0 Å². The van der Waals surface area contributed by atoms with Crippen LogP contribution in [0.2, 0.25) is 0 Å². The fourth-order valence-corrected chi connectivity index (χ4v) is 1.85. The molecule has 0 bridgehead atoms. The van der Waals surface area contributed by atoms with Crippen molar-refractivity contribution >= 4 is 11.9 Å². The van der Waals surface area contributed by atoms with E-state index in [0.717, 1.165) is 12.8 Å². The number of esters is 1. The Hall–Kier alpha value is -0.385. The molecular weight excluding hydrogens is 457 g/mol. The van der Waals surface area contributed by atoms with Crippen molar-refractivity contribution in [2.24, 2.45) is 0 Å². The van der Waals surface area contributed by atoms with Crippen LogP contribution in [0.25, 0.3) is 0 Å². The van der Waals surface area contributed by atoms with E-state index in [1.807, 2.05) is 6.08 Å². The van der Waals surface area contributed by atoms with Gasteiger partial charge in [-0.15, -0.1) is 0 Å². The number of unbranched alkanes of at least 4 members (excludes halogenated alkanes) is 8. The Kier molecular flexibility index (Phi) is 19.3. The van der Waals surface area contributed by atoms with Gasteiger partial charge in [0.25, 0.3) is 0 Å². The number of carbonyl (C=O) groups is 2. The van der Waals surface area contributed by atoms with E-state index in [9.17, 15) is 14.7 Å². The van der Waals surface area contributed by atoms with Crippen LogP contribution in [0.4, 0.5) is 0 Å². The third-order valence-corrected chi connectivity index (χ3v) is 3.05. The zero-order chi connectivity index (χ0) is 15.1. The maximum atomic E-state index is 11.0. The van der Waals surface area contributed by atoms with Crippen molar-refractivity contribution in [2.75, 3.05) is 0 Å². The third-order valence-electron chi connectivity index (χ3n) is 3.05. The fraction of sp³-hybridized carbons (Fsp3) is 0.750. The van der Waals surface area contributed by atoms with Crippen molar-refractivity contribution in [1.29, 1.82) is 0 Å². The Labute approximate surface area is 148 Å². The molecular formula is C16H27HgO4. The van der Waals surface area contributed by atoms with Crippen molar-refractivity contribution in [3.05, 3.63) is 12.3 Å². The first kappa shape index (κ1) is 22.9. The van der Waals surface area contributed by atoms with Gasteiger partial charge in [0.05, 0.1) is 12.7 Å². The van der Waals surface area contributed by atoms with Gasteiger partial charge >= 0.3 is 33.6 Å². The van der Waals surface area contributed by atoms with E-state index in [1.165, 1.54) is 51.2 Å². The van der Waals surface area contributed by atoms with E-state index in [1.54, 1.807) is 0 Å². The van der Waals surface area contributed by atoms with Gasteiger partial charge in [-0.1, -0.05) is 51.9 Å². The van der Waals surface area contributed by atoms with Crippen LogP contribution in [0.5, 0.6) is 0 Å². The number of ether oxygens (including phenoxy) is 1. The van der Waals surface area contributed by atoms with E-state index in [-0.39, 0.29) is 40.5 Å². The van der Waals surface area contributed by atoms with E-state index in [2.05, 4.69) is 6.92 Å². The fourth-order valence-electron chi connectivity index (χ4n) is 1.85. The zero-order valence-electron chi connectivity index (χ0n) is 13.3. The molecule has 0 atom stereocenters. The Morgan fingerprint density at radius 3 is 2.10 bits per heavy atom. The van der Waals surface area contributed by atoms with Crippen molar-refractivity contribution < 1.29 is 47.1 Å². The maximum absolute atomic E-state index is 11.0. The number of allylic oxidation sites excluding steroid dienone is 1. The summed E-state index contributed by atoms with van der Waals surface area (Å²) in [6.07, 6.45) is 13.8. The number of hydrogen-bond donors (Lipinski definition) is 0. The predicted molar refractivity (Wildman–Crippen MR) is 76.7 cm³/mol. The summed E-state index contributed by atoms with van der Waals surface area (Å²) in [4.78, 5) is 21.2. The van der Waals surface area contributed by atoms with Gasteiger partial charge in [0.2, 0.25) is 0 Å². The molecule has 0 rings (SSSR count). The van der Waals surface area contributed by atoms with Gasteiger partial charge in [0.1, 0.15) is 0 Å². The molecule has 0 saturated heterocycles. The quantitative estimate of drug-likeness (QED) is 0.175. The molecule has 0 aromatic rings. The first-order chi connectivity index (χ1) is 9.66. The molecule has 0 aromatic heterocycles. The summed E-state index contributed by atoms with van der Waals surface area (Å²) in [6, 6.07) is 0. The molecule has 0 unspecified atom stereocenters. The summed E-state index contributed by atoms with van der Waals surface area (Å²) in [5.41, 5.74) is 0. The molecule has 5 heteroatoms. The topological polar surface area (TPSA) is 66.4 Å². The van der Waals surface area contributed by atoms with Gasteiger partial charge < -0.3 is 14.6 Å². The Balaban J connectivity index is 0. The normalized spacial score (nSPS) is 10.3. The Morgan fingerprint density at radius 1 is 0.952 bits per heavy atom. The van der Waals surface area contributed by atoms with Gasteiger partial charge in [0, 0.05) is 5.97 Å². The molecule has 0 spiro atoms. The molecule has 0 aliphatic heterocycles. The number of carboxylic acids is 1. The van der Waals surface area contributed by atoms with Gasteiger partial charge in [-0.2, -0.15) is 0 Å². The summed E-state index contributed by atoms with van der Waals surface area (Å²) >= 11 is 0. The van der Waals surface area contributed by atoms with Crippen LogP contribution in [0.1, 0.15) is 77.6 Å². The average Bonchev–Trinajstić information content (AvgIpc) is 2.42. The maximum Gasteiger partial charge on any atom is 1.00 e. The second-order valence-electron chi connectivity index (χ2n) is 5.00. The summed E-state index contributed by atoms with van der Waals surface area (Å²) < 4.78 is 4.75. The minimum Gasteiger partial charge on any atom is -0.550 e. The minimum absolute atomic E-state index is 0. The second-order valence-corrected chi connectivity index (χ2v) is 5.00. The molecule has 0 saturated carbocycles. The number of aliphatic carboxylic acids is 1. The smallest absolute Gasteiger partial charge is 0.550 e. The minimum atomic E-state index is -1.23. The van der Waals surface area contributed by atoms with Gasteiger partial charge in [-0.05, 0) is 25.3 Å². The molecule has 117 valence electrons. The summed E-state index contributed by atoms with van der Waals surface area (Å²) in [5, 5.41) is 10.1. The van der Waals surface area contributed by atoms with Gasteiger partial charge in [0.15, 0.2) is 0 Å². The third kappa shape index (κ3) is 19.6. The van der Waals surface area contributed by atoms with E-state index >= 15 is 0 Å². The molecule has 4 nitrogen and oxygen atoms in total. The Bertz CT molecular complexity index is 290. The molecule has 21 heavy (non-hydrogen) atoms. The van der Waals surface area contributed by atoms with Crippen molar-refractivity contribution in [3.63, 3.8) is 0 Å².